The van der Waals surface area contributed by atoms with Gasteiger partial charge in [-0.15, -0.1) is 0 Å². The Labute approximate surface area is 567 Å². The average Bonchev–Trinajstić information content (AvgIpc) is 1.57. The van der Waals surface area contributed by atoms with Crippen molar-refractivity contribution in [3.05, 3.63) is 157 Å². The van der Waals surface area contributed by atoms with E-state index in [-0.39, 0.29) is 25.9 Å². The van der Waals surface area contributed by atoms with Crippen LogP contribution in [0.2, 0.25) is 0 Å². The van der Waals surface area contributed by atoms with E-state index in [1.54, 1.807) is 129 Å². The zero-order valence-electron chi connectivity index (χ0n) is 57.9. The number of aromatic nitrogens is 2. The first-order valence-corrected chi connectivity index (χ1v) is 31.9. The number of aliphatic hydroxyl groups excluding tert-OH is 5. The highest BCUT2D eigenvalue weighted by atomic mass is 16.5. The number of amides is 4. The predicted molar refractivity (Wildman–Crippen MR) is 358 cm³/mol. The van der Waals surface area contributed by atoms with Gasteiger partial charge in [0, 0.05) is 54.2 Å². The maximum Gasteiger partial charge on any atom is 0.377 e. The van der Waals surface area contributed by atoms with Crippen LogP contribution < -0.4 is 10.6 Å². The zero-order chi connectivity index (χ0) is 72.9. The van der Waals surface area contributed by atoms with Crippen LogP contribution in [0.1, 0.15) is 93.6 Å². The topological polar surface area (TPSA) is 392 Å². The minimum absolute atomic E-state index is 0.0495. The largest absolute Gasteiger partial charge is 0.479 e. The molecule has 14 atom stereocenters. The summed E-state index contributed by atoms with van der Waals surface area (Å²) >= 11 is 0. The van der Waals surface area contributed by atoms with Crippen molar-refractivity contribution in [1.82, 2.24) is 30.4 Å². The number of aliphatic hydroxyl groups is 7. The van der Waals surface area contributed by atoms with E-state index in [1.807, 2.05) is 24.3 Å². The van der Waals surface area contributed by atoms with Crippen LogP contribution in [0.4, 0.5) is 0 Å². The van der Waals surface area contributed by atoms with E-state index in [1.165, 1.54) is 50.9 Å². The number of nitrogens with one attached hydrogen (secondary N) is 2. The summed E-state index contributed by atoms with van der Waals surface area (Å²) in [6.45, 7) is 12.7. The Morgan fingerprint density at radius 1 is 0.629 bits per heavy atom. The molecule has 0 radical (unpaired) electrons. The molecule has 4 rings (SSSR count). The molecule has 4 amide bonds. The molecule has 2 aromatic heterocycles. The number of hydrogen-bond donors (Lipinski definition) is 10. The van der Waals surface area contributed by atoms with Crippen molar-refractivity contribution in [2.75, 3.05) is 54.6 Å². The standard InChI is InChI=1S/C71H100N6O20/c1-45(29-21-15-17-23-31-51-39-72-43-96-51)57(81)66(7,8)63(87)74-35-27-19-25-33-53(79)47(3)37-55(93-13)70(91)49(5)60(84)76(11)68(70,41-78)59(83)62(86)95-42-69(65(89)90)71(92,50(6)61(85)77(69)12)56(94-14)38-48(4)54(80)34-26-20-28-36-75-64(88)67(9,10)58(82)46(2)30-22-16-18-24-32-52-40-73-44-97-52/h15-30,33-34,39-40,43-44,47-50,53-58,78-82,91-92H,31-32,35-38,41-42H2,1-14H3,(H,74,87)(H,75,88)(H,89,90)/b21-15-,22-16-,23-17+,24-18+,27-19+,28-20+,33-25+,34-26+,45-29-,46-30-/t47?,48?,49-,50-,53?,54-,55-,56?,57?,58?,68+,69+,70+,71+/m0/s1. The van der Waals surface area contributed by atoms with Crippen molar-refractivity contribution < 1.29 is 97.5 Å². The second kappa shape index (κ2) is 36.0. The molecule has 6 unspecified atom stereocenters. The summed E-state index contributed by atoms with van der Waals surface area (Å²) in [5, 5.41) is 98.1. The van der Waals surface area contributed by atoms with Crippen LogP contribution in [-0.4, -0.2) is 215 Å². The predicted octanol–water partition coefficient (Wildman–Crippen LogP) is 3.95. The van der Waals surface area contributed by atoms with Gasteiger partial charge in [0.05, 0.1) is 78.3 Å². The van der Waals surface area contributed by atoms with Crippen molar-refractivity contribution in [3.63, 3.8) is 0 Å². The van der Waals surface area contributed by atoms with Gasteiger partial charge in [0.25, 0.3) is 5.78 Å². The average molecular weight is 1360 g/mol. The number of Topliss-reactive ketones (excluding diaryl/α,β-unsaturated/α-hetero) is 1. The van der Waals surface area contributed by atoms with Gasteiger partial charge in [-0.05, 0) is 77.4 Å². The third-order valence-electron chi connectivity index (χ3n) is 18.9. The molecule has 2 aliphatic rings. The quantitative estimate of drug-likeness (QED) is 0.0258. The Bertz CT molecular complexity index is 3310. The lowest BCUT2D eigenvalue weighted by Gasteiger charge is -2.47. The van der Waals surface area contributed by atoms with Crippen molar-refractivity contribution in [3.8, 4) is 0 Å². The number of ketones is 1. The normalized spacial score (nSPS) is 25.0. The number of oxazole rings is 2. The molecule has 0 spiro atoms. The monoisotopic (exact) mass is 1360 g/mol. The van der Waals surface area contributed by atoms with Gasteiger partial charge in [0.15, 0.2) is 18.3 Å². The summed E-state index contributed by atoms with van der Waals surface area (Å²) in [7, 11) is 4.37. The van der Waals surface area contributed by atoms with E-state index < -0.39 is 148 Å². The van der Waals surface area contributed by atoms with Crippen molar-refractivity contribution >= 4 is 41.4 Å². The van der Waals surface area contributed by atoms with Crippen LogP contribution >= 0.6 is 0 Å². The number of likely N-dealkylation sites (N-methyl/N-ethyl adjacent to an activating group) is 2. The number of aliphatic carboxylic acids is 1. The molecule has 10 N–H and O–H groups in total. The molecule has 0 aromatic carbocycles. The fraction of sp³-hybridized carbons (Fsp3) is 0.535. The maximum absolute atomic E-state index is 14.8. The Morgan fingerprint density at radius 3 is 1.37 bits per heavy atom. The molecule has 0 saturated carbocycles. The van der Waals surface area contributed by atoms with Gasteiger partial charge in [-0.3, -0.25) is 24.0 Å². The lowest BCUT2D eigenvalue weighted by atomic mass is 9.68. The van der Waals surface area contributed by atoms with E-state index in [2.05, 4.69) is 20.6 Å². The van der Waals surface area contributed by atoms with Crippen LogP contribution in [0, 0.1) is 34.5 Å². The van der Waals surface area contributed by atoms with Gasteiger partial charge in [-0.1, -0.05) is 137 Å². The van der Waals surface area contributed by atoms with E-state index in [4.69, 9.17) is 23.0 Å². The SMILES string of the molecule is COC(CC(C)[C@@H](O)/C=C/C=C/CNC(=O)C(C)(C)C(O)\C(C)=C/C=C\C=C\Cc1cnco1)[C@]1(O)[C@@H](C)C(=O)N(C)[C@]1(COC(=O)C(=O)[C@@]1(CO)N(C)C(=O)[C@H](C)[C@@]1(O)[C@H](CC(C)C(O)/C=C/C=C/CNC(=O)C(C)(C)C(O)\C(C)=C/C=C\C=C\Cc1cnco1)OC)C(=O)O. The van der Waals surface area contributed by atoms with Crippen LogP contribution in [0.15, 0.2) is 155 Å². The smallest absolute Gasteiger partial charge is 0.377 e. The third kappa shape index (κ3) is 18.2. The number of methoxy groups -OCH3 is 2. The number of rotatable bonds is 38. The first kappa shape index (κ1) is 81.4. The molecule has 0 aliphatic carbocycles. The summed E-state index contributed by atoms with van der Waals surface area (Å²) < 4.78 is 27.3. The number of allylic oxidation sites excluding steroid dienone is 14. The minimum Gasteiger partial charge on any atom is -0.479 e. The van der Waals surface area contributed by atoms with Gasteiger partial charge in [-0.2, -0.15) is 0 Å². The second-order valence-electron chi connectivity index (χ2n) is 25.9. The number of ether oxygens (including phenoxy) is 3. The highest BCUT2D eigenvalue weighted by molar-refractivity contribution is 6.38. The van der Waals surface area contributed by atoms with E-state index >= 15 is 0 Å². The molecule has 0 bridgehead atoms. The third-order valence-corrected chi connectivity index (χ3v) is 18.9. The molecular weight excluding hydrogens is 1260 g/mol. The number of nitrogens with zero attached hydrogens (tertiary/aromatic N) is 4. The fourth-order valence-corrected chi connectivity index (χ4v) is 12.3. The van der Waals surface area contributed by atoms with Gasteiger partial charge in [-0.25, -0.2) is 19.6 Å². The summed E-state index contributed by atoms with van der Waals surface area (Å²) in [4.78, 5) is 106. The highest BCUT2D eigenvalue weighted by Crippen LogP contribution is 2.50. The van der Waals surface area contributed by atoms with Crippen LogP contribution in [0.25, 0.3) is 0 Å². The molecule has 2 fully saturated rings. The molecule has 4 heterocycles. The number of esters is 1. The van der Waals surface area contributed by atoms with Gasteiger partial charge in [0.2, 0.25) is 29.2 Å². The summed E-state index contributed by atoms with van der Waals surface area (Å²) in [6, 6.07) is 0. The van der Waals surface area contributed by atoms with Gasteiger partial charge >= 0.3 is 11.9 Å². The number of carbonyl (C=O) groups is 7. The maximum atomic E-state index is 14.8. The molecule has 2 aliphatic heterocycles. The number of hydrogen-bond acceptors (Lipinski definition) is 21. The second-order valence-corrected chi connectivity index (χ2v) is 25.9. The molecule has 26 heteroatoms. The van der Waals surface area contributed by atoms with Crippen LogP contribution in [0.3, 0.4) is 0 Å². The molecule has 26 nitrogen and oxygen atoms in total. The molecule has 2 aromatic rings. The summed E-state index contributed by atoms with van der Waals surface area (Å²) in [6.07, 6.45) is 28.3. The summed E-state index contributed by atoms with van der Waals surface area (Å²) in [5.74, 6) is -11.6. The first-order valence-electron chi connectivity index (χ1n) is 31.9. The van der Waals surface area contributed by atoms with E-state index in [9.17, 15) is 74.4 Å². The fourth-order valence-electron chi connectivity index (χ4n) is 12.3. The molecular formula is C71H100N6O20. The number of carbonyl (C=O) groups excluding carboxylic acids is 6. The minimum atomic E-state index is -2.90. The van der Waals surface area contributed by atoms with Crippen molar-refractivity contribution in [2.45, 2.75) is 154 Å². The first-order chi connectivity index (χ1) is 45.6. The van der Waals surface area contributed by atoms with Crippen LogP contribution in [-0.2, 0) is 60.6 Å². The zero-order valence-corrected chi connectivity index (χ0v) is 57.9. The van der Waals surface area contributed by atoms with E-state index in [0.29, 0.717) is 45.3 Å². The van der Waals surface area contributed by atoms with Gasteiger partial charge in [0.1, 0.15) is 29.3 Å². The number of likely N-dealkylation sites (tertiary alicyclic amines) is 2. The lowest BCUT2D eigenvalue weighted by molar-refractivity contribution is -0.206. The highest BCUT2D eigenvalue weighted by Gasteiger charge is 2.76. The Balaban J connectivity index is 1.42. The Hall–Kier alpha value is -8.05. The molecule has 2 saturated heterocycles. The van der Waals surface area contributed by atoms with Crippen molar-refractivity contribution in [1.29, 1.82) is 0 Å². The Kier molecular flexibility index (Phi) is 30.2. The van der Waals surface area contributed by atoms with E-state index in [0.717, 1.165) is 28.3 Å². The number of carboxylic acid groups (broad SMARTS) is 1. The lowest BCUT2D eigenvalue weighted by Crippen LogP contribution is -2.73. The Morgan fingerprint density at radius 2 is 1.01 bits per heavy atom. The van der Waals surface area contributed by atoms with Crippen LogP contribution in [0.5, 0.6) is 0 Å². The van der Waals surface area contributed by atoms with Crippen molar-refractivity contribution in [2.24, 2.45) is 34.5 Å². The number of carboxylic acids is 1. The summed E-state index contributed by atoms with van der Waals surface area (Å²) in [5.41, 5.74) is -12.6. The van der Waals surface area contributed by atoms with Gasteiger partial charge < -0.3 is 84.3 Å². The molecule has 534 valence electrons. The molecule has 97 heavy (non-hydrogen) atoms.